The van der Waals surface area contributed by atoms with Gasteiger partial charge in [-0.2, -0.15) is 0 Å². The molecule has 0 heterocycles. The third-order valence-electron chi connectivity index (χ3n) is 4.07. The molecule has 28 heavy (non-hydrogen) atoms. The lowest BCUT2D eigenvalue weighted by atomic mass is 10.1. The van der Waals surface area contributed by atoms with Crippen LogP contribution in [0, 0.1) is 0 Å². The Morgan fingerprint density at radius 3 is 2.39 bits per heavy atom. The van der Waals surface area contributed by atoms with Crippen LogP contribution in [-0.4, -0.2) is 38.0 Å². The Morgan fingerprint density at radius 2 is 1.75 bits per heavy atom. The number of anilines is 1. The Kier molecular flexibility index (Phi) is 7.14. The monoisotopic (exact) mass is 385 g/mol. The first-order valence-corrected chi connectivity index (χ1v) is 8.67. The molecule has 0 aromatic heterocycles. The van der Waals surface area contributed by atoms with E-state index in [9.17, 15) is 14.4 Å². The van der Waals surface area contributed by atoms with Gasteiger partial charge in [0.2, 0.25) is 0 Å². The maximum atomic E-state index is 12.3. The zero-order chi connectivity index (χ0) is 20.7. The Bertz CT molecular complexity index is 877. The highest BCUT2D eigenvalue weighted by atomic mass is 16.5. The molecule has 0 spiro atoms. The number of hydrogen-bond donors (Lipinski definition) is 1. The molecule has 2 rings (SSSR count). The van der Waals surface area contributed by atoms with Crippen molar-refractivity contribution in [2.75, 3.05) is 19.5 Å². The Morgan fingerprint density at radius 1 is 1.04 bits per heavy atom. The lowest BCUT2D eigenvalue weighted by Gasteiger charge is -2.15. The number of esters is 1. The predicted octanol–water partition coefficient (Wildman–Crippen LogP) is 3.02. The van der Waals surface area contributed by atoms with E-state index >= 15 is 0 Å². The van der Waals surface area contributed by atoms with Crippen molar-refractivity contribution >= 4 is 23.3 Å². The van der Waals surface area contributed by atoms with E-state index < -0.39 is 18.0 Å². The minimum Gasteiger partial charge on any atom is -0.497 e. The lowest BCUT2D eigenvalue weighted by molar-refractivity contribution is -0.152. The van der Waals surface area contributed by atoms with Gasteiger partial charge < -0.3 is 19.5 Å². The topological polar surface area (TPSA) is 90.9 Å². The van der Waals surface area contributed by atoms with Crippen LogP contribution in [0.4, 0.5) is 5.69 Å². The molecular formula is C21H23NO6. The van der Waals surface area contributed by atoms with Crippen molar-refractivity contribution < 1.29 is 28.6 Å². The number of carbonyl (C=O) groups excluding carboxylic acids is 3. The van der Waals surface area contributed by atoms with Crippen molar-refractivity contribution in [3.05, 3.63) is 53.6 Å². The van der Waals surface area contributed by atoms with Gasteiger partial charge >= 0.3 is 5.97 Å². The van der Waals surface area contributed by atoms with Crippen LogP contribution in [0.15, 0.2) is 42.5 Å². The SMILES string of the molecule is COc1ccc(CC(=O)OC(C)C(=O)Nc2ccccc2C(C)=O)c(OC)c1. The van der Waals surface area contributed by atoms with Gasteiger partial charge in [-0.1, -0.05) is 18.2 Å². The molecule has 0 radical (unpaired) electrons. The van der Waals surface area contributed by atoms with Gasteiger partial charge in [-0.3, -0.25) is 14.4 Å². The van der Waals surface area contributed by atoms with Gasteiger partial charge in [0.1, 0.15) is 11.5 Å². The Balaban J connectivity index is 2.01. The molecule has 1 amide bonds. The molecule has 1 N–H and O–H groups in total. The number of nitrogens with one attached hydrogen (secondary N) is 1. The standard InChI is InChI=1S/C21H23NO6/c1-13(23)17-7-5-6-8-18(17)22-21(25)14(2)28-20(24)11-15-9-10-16(26-3)12-19(15)27-4/h5-10,12,14H,11H2,1-4H3,(H,22,25). The zero-order valence-corrected chi connectivity index (χ0v) is 16.3. The molecule has 0 fully saturated rings. The van der Waals surface area contributed by atoms with E-state index in [0.29, 0.717) is 28.3 Å². The fourth-order valence-corrected chi connectivity index (χ4v) is 2.58. The lowest BCUT2D eigenvalue weighted by Crippen LogP contribution is -2.31. The summed E-state index contributed by atoms with van der Waals surface area (Å²) in [7, 11) is 3.03. The fraction of sp³-hybridized carbons (Fsp3) is 0.286. The van der Waals surface area contributed by atoms with Crippen molar-refractivity contribution in [3.63, 3.8) is 0 Å². The van der Waals surface area contributed by atoms with Crippen molar-refractivity contribution in [1.82, 2.24) is 0 Å². The first-order valence-electron chi connectivity index (χ1n) is 8.67. The van der Waals surface area contributed by atoms with Crippen LogP contribution in [0.3, 0.4) is 0 Å². The highest BCUT2D eigenvalue weighted by Crippen LogP contribution is 2.25. The molecule has 1 unspecified atom stereocenters. The number of hydrogen-bond acceptors (Lipinski definition) is 6. The summed E-state index contributed by atoms with van der Waals surface area (Å²) in [5.74, 6) is -0.184. The summed E-state index contributed by atoms with van der Waals surface area (Å²) in [5, 5.41) is 2.62. The van der Waals surface area contributed by atoms with Crippen molar-refractivity contribution in [2.24, 2.45) is 0 Å². The van der Waals surface area contributed by atoms with Gasteiger partial charge in [-0.25, -0.2) is 0 Å². The van der Waals surface area contributed by atoms with Crippen LogP contribution in [0.5, 0.6) is 11.5 Å². The van der Waals surface area contributed by atoms with Crippen LogP contribution >= 0.6 is 0 Å². The number of para-hydroxylation sites is 1. The molecule has 7 heteroatoms. The first kappa shape index (κ1) is 21.0. The molecule has 2 aromatic rings. The molecule has 0 aliphatic rings. The number of ether oxygens (including phenoxy) is 3. The summed E-state index contributed by atoms with van der Waals surface area (Å²) in [6.07, 6.45) is -1.09. The zero-order valence-electron chi connectivity index (χ0n) is 16.3. The minimum absolute atomic E-state index is 0.0607. The van der Waals surface area contributed by atoms with E-state index in [-0.39, 0.29) is 12.2 Å². The number of rotatable bonds is 8. The average Bonchev–Trinajstić information content (AvgIpc) is 2.68. The summed E-state index contributed by atoms with van der Waals surface area (Å²) in [4.78, 5) is 36.2. The third kappa shape index (κ3) is 5.33. The van der Waals surface area contributed by atoms with E-state index in [1.807, 2.05) is 0 Å². The molecule has 0 aliphatic carbocycles. The smallest absolute Gasteiger partial charge is 0.311 e. The fourth-order valence-electron chi connectivity index (χ4n) is 2.58. The second kappa shape index (κ2) is 9.55. The minimum atomic E-state index is -1.03. The van der Waals surface area contributed by atoms with Gasteiger partial charge in [0.15, 0.2) is 11.9 Å². The average molecular weight is 385 g/mol. The van der Waals surface area contributed by atoms with Crippen LogP contribution < -0.4 is 14.8 Å². The van der Waals surface area contributed by atoms with Crippen LogP contribution in [0.2, 0.25) is 0 Å². The van der Waals surface area contributed by atoms with Crippen LogP contribution in [-0.2, 0) is 20.7 Å². The molecule has 7 nitrogen and oxygen atoms in total. The molecule has 2 aromatic carbocycles. The molecule has 0 bridgehead atoms. The largest absolute Gasteiger partial charge is 0.497 e. The van der Waals surface area contributed by atoms with Gasteiger partial charge in [0.05, 0.1) is 26.3 Å². The van der Waals surface area contributed by atoms with Gasteiger partial charge in [0.25, 0.3) is 5.91 Å². The summed E-state index contributed by atoms with van der Waals surface area (Å²) >= 11 is 0. The molecular weight excluding hydrogens is 362 g/mol. The Hall–Kier alpha value is -3.35. The van der Waals surface area contributed by atoms with E-state index in [4.69, 9.17) is 14.2 Å². The van der Waals surface area contributed by atoms with Crippen molar-refractivity contribution in [2.45, 2.75) is 26.4 Å². The maximum absolute atomic E-state index is 12.3. The molecule has 0 aliphatic heterocycles. The first-order chi connectivity index (χ1) is 13.3. The highest BCUT2D eigenvalue weighted by Gasteiger charge is 2.20. The second-order valence-electron chi connectivity index (χ2n) is 6.08. The molecule has 0 saturated heterocycles. The Labute approximate surface area is 163 Å². The number of amides is 1. The van der Waals surface area contributed by atoms with Gasteiger partial charge in [0, 0.05) is 17.2 Å². The molecule has 1 atom stereocenters. The van der Waals surface area contributed by atoms with E-state index in [1.54, 1.807) is 42.5 Å². The van der Waals surface area contributed by atoms with Crippen LogP contribution in [0.1, 0.15) is 29.8 Å². The number of methoxy groups -OCH3 is 2. The van der Waals surface area contributed by atoms with E-state index in [1.165, 1.54) is 28.1 Å². The number of carbonyl (C=O) groups is 3. The maximum Gasteiger partial charge on any atom is 0.311 e. The van der Waals surface area contributed by atoms with Crippen molar-refractivity contribution in [3.8, 4) is 11.5 Å². The summed E-state index contributed by atoms with van der Waals surface area (Å²) in [5.41, 5.74) is 1.37. The highest BCUT2D eigenvalue weighted by molar-refractivity contribution is 6.04. The van der Waals surface area contributed by atoms with E-state index in [0.717, 1.165) is 0 Å². The van der Waals surface area contributed by atoms with Crippen molar-refractivity contribution in [1.29, 1.82) is 0 Å². The normalized spacial score (nSPS) is 11.3. The number of ketones is 1. The van der Waals surface area contributed by atoms with Gasteiger partial charge in [-0.05, 0) is 32.0 Å². The van der Waals surface area contributed by atoms with Gasteiger partial charge in [-0.15, -0.1) is 0 Å². The third-order valence-corrected chi connectivity index (χ3v) is 4.07. The quantitative estimate of drug-likeness (QED) is 0.555. The summed E-state index contributed by atoms with van der Waals surface area (Å²) in [6.45, 7) is 2.88. The predicted molar refractivity (Wildman–Crippen MR) is 104 cm³/mol. The van der Waals surface area contributed by atoms with Crippen LogP contribution in [0.25, 0.3) is 0 Å². The summed E-state index contributed by atoms with van der Waals surface area (Å²) < 4.78 is 15.6. The number of Topliss-reactive ketones (excluding diaryl/α,β-unsaturated/α-hetero) is 1. The van der Waals surface area contributed by atoms with E-state index in [2.05, 4.69) is 5.32 Å². The second-order valence-corrected chi connectivity index (χ2v) is 6.08. The number of benzene rings is 2. The molecule has 148 valence electrons. The molecule has 0 saturated carbocycles. The summed E-state index contributed by atoms with van der Waals surface area (Å²) in [6, 6.07) is 11.7.